The van der Waals surface area contributed by atoms with Gasteiger partial charge in [0.25, 0.3) is 0 Å². The van der Waals surface area contributed by atoms with Crippen LogP contribution in [0.15, 0.2) is 12.1 Å². The molecule has 0 spiro atoms. The van der Waals surface area contributed by atoms with Gasteiger partial charge in [-0.3, -0.25) is 0 Å². The molecule has 13 heteroatoms. The maximum absolute atomic E-state index is 15.6. The smallest absolute Gasteiger partial charge is 0.418 e. The molecule has 3 aromatic rings. The van der Waals surface area contributed by atoms with E-state index in [0.29, 0.717) is 30.9 Å². The van der Waals surface area contributed by atoms with Crippen LogP contribution in [-0.4, -0.2) is 76.3 Å². The number of likely N-dealkylation sites (N-methyl/N-ethyl adjacent to an activating group) is 1. The van der Waals surface area contributed by atoms with E-state index < -0.39 is 28.9 Å². The van der Waals surface area contributed by atoms with Gasteiger partial charge in [-0.15, -0.1) is 0 Å². The zero-order valence-electron chi connectivity index (χ0n) is 21.7. The van der Waals surface area contributed by atoms with Crippen molar-refractivity contribution in [1.82, 2.24) is 30.2 Å². The van der Waals surface area contributed by atoms with E-state index >= 15 is 4.39 Å². The minimum atomic E-state index is -4.79. The number of nitrogen functional groups attached to an aromatic ring is 1. The van der Waals surface area contributed by atoms with Crippen molar-refractivity contribution < 1.29 is 22.3 Å². The van der Waals surface area contributed by atoms with Crippen molar-refractivity contribution in [1.29, 1.82) is 0 Å². The van der Waals surface area contributed by atoms with Gasteiger partial charge >= 0.3 is 12.2 Å². The Balaban J connectivity index is 1.48. The molecule has 208 valence electrons. The molecule has 0 aromatic carbocycles. The number of aryl methyl sites for hydroxylation is 1. The first-order chi connectivity index (χ1) is 18.6. The maximum atomic E-state index is 15.6. The average molecular weight is 547 g/mol. The molecule has 2 unspecified atom stereocenters. The summed E-state index contributed by atoms with van der Waals surface area (Å²) in [6, 6.07) is 3.06. The highest BCUT2D eigenvalue weighted by Crippen LogP contribution is 2.40. The second-order valence-electron chi connectivity index (χ2n) is 10.7. The molecule has 0 amide bonds. The Bertz CT molecular complexity index is 1410. The summed E-state index contributed by atoms with van der Waals surface area (Å²) in [7, 11) is 2.03. The largest absolute Gasteiger partial charge is 0.462 e. The molecular weight excluding hydrogens is 516 g/mol. The van der Waals surface area contributed by atoms with Gasteiger partial charge < -0.3 is 25.6 Å². The lowest BCUT2D eigenvalue weighted by Crippen LogP contribution is -2.51. The number of anilines is 2. The number of hydrogen-bond acceptors (Lipinski definition) is 9. The quantitative estimate of drug-likeness (QED) is 0.465. The van der Waals surface area contributed by atoms with Crippen LogP contribution in [0.1, 0.15) is 36.8 Å². The van der Waals surface area contributed by atoms with E-state index in [1.807, 2.05) is 7.05 Å². The van der Waals surface area contributed by atoms with E-state index in [1.165, 1.54) is 6.92 Å². The van der Waals surface area contributed by atoms with Crippen LogP contribution in [-0.2, 0) is 6.18 Å². The molecule has 3 atom stereocenters. The zero-order valence-corrected chi connectivity index (χ0v) is 21.7. The Hall–Kier alpha value is -3.32. The summed E-state index contributed by atoms with van der Waals surface area (Å²) in [5, 5.41) is 3.86. The predicted octanol–water partition coefficient (Wildman–Crippen LogP) is 3.55. The van der Waals surface area contributed by atoms with Crippen LogP contribution in [0.25, 0.3) is 22.4 Å². The van der Waals surface area contributed by atoms with Gasteiger partial charge in [0.15, 0.2) is 11.5 Å². The summed E-state index contributed by atoms with van der Waals surface area (Å²) < 4.78 is 63.6. The van der Waals surface area contributed by atoms with Gasteiger partial charge in [-0.25, -0.2) is 14.4 Å². The number of nitrogens with two attached hydrogens (primary N) is 1. The molecule has 3 fully saturated rings. The van der Waals surface area contributed by atoms with E-state index in [9.17, 15) is 13.2 Å². The van der Waals surface area contributed by atoms with Crippen LogP contribution in [0.5, 0.6) is 6.01 Å². The molecule has 9 nitrogen and oxygen atoms in total. The molecule has 39 heavy (non-hydrogen) atoms. The van der Waals surface area contributed by atoms with Gasteiger partial charge in [0.2, 0.25) is 0 Å². The van der Waals surface area contributed by atoms with Crippen molar-refractivity contribution in [2.24, 2.45) is 0 Å². The fourth-order valence-electron chi connectivity index (χ4n) is 6.02. The van der Waals surface area contributed by atoms with Gasteiger partial charge in [-0.2, -0.15) is 23.1 Å². The number of rotatable bonds is 5. The topological polar surface area (TPSA) is 105 Å². The molecule has 3 saturated heterocycles. The monoisotopic (exact) mass is 546 g/mol. The van der Waals surface area contributed by atoms with Crippen LogP contribution in [0.3, 0.4) is 0 Å². The standard InChI is InChI=1S/C26H30F4N8O/c1-13-8-19(31)33-22(20(13)26(28,29)30)21-18(27)9-17-23(34-21)35-25(39-12-16-4-3-7-37(16)2)36-24(17)38-10-14-5-6-15(11-38)32-14/h8-9,14-16,32H,3-7,10-12H2,1-2H3,(H2,31,33)/t14?,15?,16-/m0/s1. The fraction of sp³-hybridized carbons (Fsp3) is 0.538. The van der Waals surface area contributed by atoms with Crippen LogP contribution < -0.4 is 20.7 Å². The highest BCUT2D eigenvalue weighted by Gasteiger charge is 2.39. The summed E-state index contributed by atoms with van der Waals surface area (Å²) in [6.45, 7) is 3.90. The van der Waals surface area contributed by atoms with E-state index in [0.717, 1.165) is 44.4 Å². The first kappa shape index (κ1) is 25.9. The Morgan fingerprint density at radius 1 is 1.05 bits per heavy atom. The maximum Gasteiger partial charge on any atom is 0.418 e. The molecule has 0 aliphatic carbocycles. The highest BCUT2D eigenvalue weighted by atomic mass is 19.4. The third-order valence-corrected chi connectivity index (χ3v) is 7.94. The zero-order chi connectivity index (χ0) is 27.5. The molecule has 2 bridgehead atoms. The third-order valence-electron chi connectivity index (χ3n) is 7.94. The number of fused-ring (bicyclic) bond motifs is 3. The Morgan fingerprint density at radius 3 is 2.46 bits per heavy atom. The molecule has 0 saturated carbocycles. The SMILES string of the molecule is Cc1cc(N)nc(-c2nc3nc(OC[C@@H]4CCCN4C)nc(N4CC5CCC(C4)N5)c3cc2F)c1C(F)(F)F. The normalized spacial score (nSPS) is 23.6. The lowest BCUT2D eigenvalue weighted by molar-refractivity contribution is -0.137. The first-order valence-corrected chi connectivity index (χ1v) is 13.1. The minimum Gasteiger partial charge on any atom is -0.462 e. The summed E-state index contributed by atoms with van der Waals surface area (Å²) in [5.74, 6) is -0.672. The Kier molecular flexibility index (Phi) is 6.45. The summed E-state index contributed by atoms with van der Waals surface area (Å²) in [4.78, 5) is 21.5. The van der Waals surface area contributed by atoms with Crippen molar-refractivity contribution in [2.45, 2.75) is 56.9 Å². The van der Waals surface area contributed by atoms with Crippen molar-refractivity contribution in [3.8, 4) is 17.4 Å². The van der Waals surface area contributed by atoms with Gasteiger partial charge in [-0.1, -0.05) is 0 Å². The lowest BCUT2D eigenvalue weighted by atomic mass is 10.0. The summed E-state index contributed by atoms with van der Waals surface area (Å²) in [6.07, 6.45) is -0.692. The molecule has 3 N–H and O–H groups in total. The van der Waals surface area contributed by atoms with E-state index in [2.05, 4.69) is 35.1 Å². The Labute approximate surface area is 222 Å². The number of pyridine rings is 2. The van der Waals surface area contributed by atoms with E-state index in [-0.39, 0.29) is 41.2 Å². The molecule has 3 aliphatic rings. The van der Waals surface area contributed by atoms with Crippen LogP contribution in [0.4, 0.5) is 29.2 Å². The minimum absolute atomic E-state index is 0.0343. The number of piperazine rings is 1. The van der Waals surface area contributed by atoms with Crippen molar-refractivity contribution in [3.05, 3.63) is 29.1 Å². The van der Waals surface area contributed by atoms with E-state index in [1.54, 1.807) is 0 Å². The highest BCUT2D eigenvalue weighted by molar-refractivity contribution is 5.89. The van der Waals surface area contributed by atoms with Crippen LogP contribution >= 0.6 is 0 Å². The number of nitrogens with one attached hydrogen (secondary N) is 1. The van der Waals surface area contributed by atoms with Crippen LogP contribution in [0.2, 0.25) is 0 Å². The number of nitrogens with zero attached hydrogens (tertiary/aromatic N) is 6. The number of aromatic nitrogens is 4. The summed E-state index contributed by atoms with van der Waals surface area (Å²) >= 11 is 0. The fourth-order valence-corrected chi connectivity index (χ4v) is 6.02. The number of alkyl halides is 3. The first-order valence-electron chi connectivity index (χ1n) is 13.1. The number of halogens is 4. The van der Waals surface area contributed by atoms with E-state index in [4.69, 9.17) is 10.5 Å². The van der Waals surface area contributed by atoms with Gasteiger partial charge in [0, 0.05) is 31.2 Å². The van der Waals surface area contributed by atoms with Crippen LogP contribution in [0, 0.1) is 12.7 Å². The average Bonchev–Trinajstić information content (AvgIpc) is 3.43. The molecule has 0 radical (unpaired) electrons. The predicted molar refractivity (Wildman–Crippen MR) is 138 cm³/mol. The third kappa shape index (κ3) is 4.93. The van der Waals surface area contributed by atoms with Crippen molar-refractivity contribution in [2.75, 3.05) is 43.9 Å². The van der Waals surface area contributed by atoms with Gasteiger partial charge in [0.1, 0.15) is 29.6 Å². The van der Waals surface area contributed by atoms with Crippen molar-refractivity contribution >= 4 is 22.7 Å². The second-order valence-corrected chi connectivity index (χ2v) is 10.7. The molecule has 6 rings (SSSR count). The molecule has 3 aromatic heterocycles. The number of hydrogen-bond donors (Lipinski definition) is 2. The summed E-state index contributed by atoms with van der Waals surface area (Å²) in [5.41, 5.74) is 3.30. The van der Waals surface area contributed by atoms with Crippen molar-refractivity contribution in [3.63, 3.8) is 0 Å². The molecule has 6 heterocycles. The lowest BCUT2D eigenvalue weighted by Gasteiger charge is -2.34. The molecular formula is C26H30F4N8O. The Morgan fingerprint density at radius 2 is 1.79 bits per heavy atom. The molecule has 3 aliphatic heterocycles. The number of likely N-dealkylation sites (tertiary alicyclic amines) is 1. The second kappa shape index (κ2) is 9.70. The number of ether oxygens (including phenoxy) is 1. The van der Waals surface area contributed by atoms with Gasteiger partial charge in [-0.05, 0) is 63.9 Å². The van der Waals surface area contributed by atoms with Gasteiger partial charge in [0.05, 0.1) is 10.9 Å².